The molecule has 4 rings (SSSR count). The van der Waals surface area contributed by atoms with E-state index in [0.717, 1.165) is 30.6 Å². The van der Waals surface area contributed by atoms with Crippen LogP contribution in [0.15, 0.2) is 67.0 Å². The van der Waals surface area contributed by atoms with E-state index in [9.17, 15) is 4.79 Å². The third-order valence-electron chi connectivity index (χ3n) is 4.55. The third kappa shape index (κ3) is 3.42. The Kier molecular flexibility index (Phi) is 4.60. The first kappa shape index (κ1) is 16.3. The van der Waals surface area contributed by atoms with Crippen LogP contribution in [0.3, 0.4) is 0 Å². The fourth-order valence-corrected chi connectivity index (χ4v) is 3.20. The van der Waals surface area contributed by atoms with Gasteiger partial charge in [-0.05, 0) is 30.0 Å². The third-order valence-corrected chi connectivity index (χ3v) is 4.55. The summed E-state index contributed by atoms with van der Waals surface area (Å²) in [4.78, 5) is 23.3. The molecule has 0 unspecified atom stereocenters. The first-order valence-electron chi connectivity index (χ1n) is 8.81. The van der Waals surface area contributed by atoms with Crippen molar-refractivity contribution in [2.24, 2.45) is 0 Å². The van der Waals surface area contributed by atoms with E-state index in [0.29, 0.717) is 18.1 Å². The minimum absolute atomic E-state index is 0.167. The Bertz CT molecular complexity index is 893. The monoisotopic (exact) mass is 344 g/mol. The molecule has 0 atom stereocenters. The van der Waals surface area contributed by atoms with Crippen molar-refractivity contribution in [3.63, 3.8) is 0 Å². The van der Waals surface area contributed by atoms with Crippen LogP contribution in [-0.2, 0) is 13.0 Å². The maximum Gasteiger partial charge on any atom is 0.254 e. The number of amides is 1. The maximum absolute atomic E-state index is 12.3. The number of rotatable bonds is 4. The predicted molar refractivity (Wildman–Crippen MR) is 101 cm³/mol. The number of hydrogen-bond donors (Lipinski definition) is 1. The Balaban J connectivity index is 1.46. The molecule has 1 aliphatic heterocycles. The van der Waals surface area contributed by atoms with Crippen LogP contribution in [0, 0.1) is 0 Å². The van der Waals surface area contributed by atoms with Crippen molar-refractivity contribution in [3.8, 4) is 0 Å². The number of carbonyl (C=O) groups is 1. The van der Waals surface area contributed by atoms with Gasteiger partial charge in [0.25, 0.3) is 5.91 Å². The number of para-hydroxylation sites is 1. The van der Waals surface area contributed by atoms with E-state index >= 15 is 0 Å². The number of benzene rings is 2. The number of hydrogen-bond acceptors (Lipinski definition) is 4. The molecular formula is C21H20N4O. The number of aromatic nitrogens is 2. The second-order valence-electron chi connectivity index (χ2n) is 6.32. The Morgan fingerprint density at radius 1 is 1.00 bits per heavy atom. The van der Waals surface area contributed by atoms with Crippen LogP contribution < -0.4 is 10.2 Å². The molecule has 0 radical (unpaired) electrons. The number of anilines is 2. The van der Waals surface area contributed by atoms with Gasteiger partial charge in [-0.25, -0.2) is 9.97 Å². The lowest BCUT2D eigenvalue weighted by Crippen LogP contribution is -2.27. The van der Waals surface area contributed by atoms with Gasteiger partial charge in [-0.3, -0.25) is 4.79 Å². The lowest BCUT2D eigenvalue weighted by Gasteiger charge is -2.29. The summed E-state index contributed by atoms with van der Waals surface area (Å²) >= 11 is 0. The first-order valence-corrected chi connectivity index (χ1v) is 8.81. The molecule has 3 aromatic rings. The molecule has 1 aromatic heterocycles. The molecule has 0 spiro atoms. The largest absolute Gasteiger partial charge is 0.348 e. The molecule has 0 aliphatic carbocycles. The van der Waals surface area contributed by atoms with Crippen LogP contribution in [0.25, 0.3) is 0 Å². The van der Waals surface area contributed by atoms with E-state index in [2.05, 4.69) is 38.4 Å². The van der Waals surface area contributed by atoms with E-state index < -0.39 is 0 Å². The van der Waals surface area contributed by atoms with Crippen molar-refractivity contribution in [3.05, 3.63) is 83.7 Å². The van der Waals surface area contributed by atoms with Crippen LogP contribution in [0.2, 0.25) is 0 Å². The van der Waals surface area contributed by atoms with E-state index in [4.69, 9.17) is 0 Å². The van der Waals surface area contributed by atoms with Crippen LogP contribution in [-0.4, -0.2) is 22.4 Å². The average Bonchev–Trinajstić information content (AvgIpc) is 2.72. The second kappa shape index (κ2) is 7.35. The fraction of sp³-hybridized carbons (Fsp3) is 0.190. The van der Waals surface area contributed by atoms with Crippen LogP contribution in [0.5, 0.6) is 0 Å². The molecule has 1 amide bonds. The summed E-state index contributed by atoms with van der Waals surface area (Å²) in [6, 6.07) is 18.2. The van der Waals surface area contributed by atoms with Crippen molar-refractivity contribution < 1.29 is 4.79 Å². The summed E-state index contributed by atoms with van der Waals surface area (Å²) in [5.74, 6) is 0.469. The maximum atomic E-state index is 12.3. The van der Waals surface area contributed by atoms with Crippen LogP contribution in [0.1, 0.15) is 27.9 Å². The molecule has 0 saturated carbocycles. The van der Waals surface area contributed by atoms with Gasteiger partial charge in [0.2, 0.25) is 5.95 Å². The van der Waals surface area contributed by atoms with E-state index in [1.165, 1.54) is 5.56 Å². The summed E-state index contributed by atoms with van der Waals surface area (Å²) in [6.07, 6.45) is 5.34. The molecule has 1 aliphatic rings. The summed E-state index contributed by atoms with van der Waals surface area (Å²) in [5.41, 5.74) is 3.99. The van der Waals surface area contributed by atoms with Gasteiger partial charge < -0.3 is 10.2 Å². The topological polar surface area (TPSA) is 58.1 Å². The minimum Gasteiger partial charge on any atom is -0.348 e. The molecule has 2 heterocycles. The van der Waals surface area contributed by atoms with Crippen molar-refractivity contribution in [2.45, 2.75) is 19.4 Å². The summed E-state index contributed by atoms with van der Waals surface area (Å²) in [5, 5.41) is 2.90. The van der Waals surface area contributed by atoms with E-state index in [1.54, 1.807) is 12.4 Å². The van der Waals surface area contributed by atoms with Gasteiger partial charge in [0, 0.05) is 31.2 Å². The lowest BCUT2D eigenvalue weighted by molar-refractivity contribution is 0.0950. The molecule has 5 heteroatoms. The molecule has 26 heavy (non-hydrogen) atoms. The standard InChI is InChI=1S/C21H20N4O/c26-20(22-13-16-7-2-1-3-8-16)18-14-23-21(24-15-18)25-12-6-10-17-9-4-5-11-19(17)25/h1-5,7-9,11,14-15H,6,10,12-13H2,(H,22,26). The predicted octanol–water partition coefficient (Wildman–Crippen LogP) is 3.49. The quantitative estimate of drug-likeness (QED) is 0.787. The molecule has 0 fully saturated rings. The Labute approximate surface area is 152 Å². The van der Waals surface area contributed by atoms with Crippen molar-refractivity contribution in [2.75, 3.05) is 11.4 Å². The number of fused-ring (bicyclic) bond motifs is 1. The molecular weight excluding hydrogens is 324 g/mol. The number of nitrogens with one attached hydrogen (secondary N) is 1. The van der Waals surface area contributed by atoms with E-state index in [-0.39, 0.29) is 5.91 Å². The zero-order chi connectivity index (χ0) is 17.8. The van der Waals surface area contributed by atoms with Gasteiger partial charge >= 0.3 is 0 Å². The lowest BCUT2D eigenvalue weighted by atomic mass is 10.0. The molecule has 5 nitrogen and oxygen atoms in total. The number of carbonyl (C=O) groups excluding carboxylic acids is 1. The highest BCUT2D eigenvalue weighted by molar-refractivity contribution is 5.93. The second-order valence-corrected chi connectivity index (χ2v) is 6.32. The van der Waals surface area contributed by atoms with E-state index in [1.807, 2.05) is 36.4 Å². The average molecular weight is 344 g/mol. The van der Waals surface area contributed by atoms with Gasteiger partial charge in [-0.2, -0.15) is 0 Å². The van der Waals surface area contributed by atoms with Crippen molar-refractivity contribution in [1.29, 1.82) is 0 Å². The highest BCUT2D eigenvalue weighted by Crippen LogP contribution is 2.30. The molecule has 1 N–H and O–H groups in total. The highest BCUT2D eigenvalue weighted by atomic mass is 16.1. The minimum atomic E-state index is -0.167. The number of nitrogens with zero attached hydrogens (tertiary/aromatic N) is 3. The van der Waals surface area contributed by atoms with Gasteiger partial charge in [0.15, 0.2) is 0 Å². The van der Waals surface area contributed by atoms with Crippen LogP contribution >= 0.6 is 0 Å². The summed E-state index contributed by atoms with van der Waals surface area (Å²) in [6.45, 7) is 1.37. The van der Waals surface area contributed by atoms with Crippen molar-refractivity contribution >= 4 is 17.5 Å². The molecule has 0 bridgehead atoms. The van der Waals surface area contributed by atoms with Gasteiger partial charge in [-0.1, -0.05) is 48.5 Å². The zero-order valence-corrected chi connectivity index (χ0v) is 14.4. The van der Waals surface area contributed by atoms with Gasteiger partial charge in [0.1, 0.15) is 0 Å². The normalized spacial score (nSPS) is 13.2. The fourth-order valence-electron chi connectivity index (χ4n) is 3.20. The molecule has 130 valence electrons. The highest BCUT2D eigenvalue weighted by Gasteiger charge is 2.20. The number of aryl methyl sites for hydroxylation is 1. The SMILES string of the molecule is O=C(NCc1ccccc1)c1cnc(N2CCCc3ccccc32)nc1. The van der Waals surface area contributed by atoms with Crippen molar-refractivity contribution in [1.82, 2.24) is 15.3 Å². The molecule has 0 saturated heterocycles. The van der Waals surface area contributed by atoms with Crippen LogP contribution in [0.4, 0.5) is 11.6 Å². The molecule has 2 aromatic carbocycles. The van der Waals surface area contributed by atoms with Gasteiger partial charge in [0.05, 0.1) is 5.56 Å². The first-order chi connectivity index (χ1) is 12.8. The summed E-state index contributed by atoms with van der Waals surface area (Å²) < 4.78 is 0. The Morgan fingerprint density at radius 3 is 2.54 bits per heavy atom. The summed E-state index contributed by atoms with van der Waals surface area (Å²) in [7, 11) is 0. The Morgan fingerprint density at radius 2 is 1.73 bits per heavy atom. The Hall–Kier alpha value is -3.21. The zero-order valence-electron chi connectivity index (χ0n) is 14.4. The van der Waals surface area contributed by atoms with Gasteiger partial charge in [-0.15, -0.1) is 0 Å². The smallest absolute Gasteiger partial charge is 0.254 e.